The normalized spacial score (nSPS) is 15.7. The summed E-state index contributed by atoms with van der Waals surface area (Å²) in [4.78, 5) is 28.6. The highest BCUT2D eigenvalue weighted by Crippen LogP contribution is 2.43. The molecule has 35 heavy (non-hydrogen) atoms. The molecule has 188 valence electrons. The highest BCUT2D eigenvalue weighted by Gasteiger charge is 2.45. The third-order valence-corrected chi connectivity index (χ3v) is 5.51. The average Bonchev–Trinajstić information content (AvgIpc) is 3.39. The Morgan fingerprint density at radius 1 is 1.09 bits per heavy atom. The molecule has 0 radical (unpaired) electrons. The smallest absolute Gasteiger partial charge is 0.352 e. The van der Waals surface area contributed by atoms with Crippen LogP contribution in [0.2, 0.25) is 0 Å². The number of alkyl halides is 5. The molecule has 2 N–H and O–H groups in total. The molecule has 1 aliphatic rings. The molecule has 3 aromatic heterocycles. The lowest BCUT2D eigenvalue weighted by Crippen LogP contribution is -2.38. The number of aryl methyl sites for hydroxylation is 1. The number of aromatic nitrogens is 5. The van der Waals surface area contributed by atoms with Gasteiger partial charge in [0.25, 0.3) is 5.91 Å². The Labute approximate surface area is 195 Å². The van der Waals surface area contributed by atoms with Gasteiger partial charge >= 0.3 is 6.18 Å². The minimum atomic E-state index is -4.31. The number of nitrogens with zero attached hydrogens (tertiary/aromatic N) is 5. The van der Waals surface area contributed by atoms with Crippen LogP contribution in [0.15, 0.2) is 30.9 Å². The lowest BCUT2D eigenvalue weighted by Gasteiger charge is -2.34. The first-order valence-corrected chi connectivity index (χ1v) is 10.8. The Bertz CT molecular complexity index is 1210. The van der Waals surface area contributed by atoms with Gasteiger partial charge in [-0.15, -0.1) is 0 Å². The summed E-state index contributed by atoms with van der Waals surface area (Å²) in [5.41, 5.74) is 1.75. The standard InChI is InChI=1S/C21H22F5N7O2/c22-20(23)5-13(6-20)4-18(34)27-7-14-3-17-31-16(12-33(17)30-8-14)10-28-19(35)15-9-29-32(11-15)2-1-21(24,25)26/h3,8-9,11-13H,1-2,4-7,10H2,(H,27,34)(H,28,35). The molecule has 1 aliphatic carbocycles. The van der Waals surface area contributed by atoms with Gasteiger partial charge in [0.05, 0.1) is 42.8 Å². The summed E-state index contributed by atoms with van der Waals surface area (Å²) in [6.45, 7) is -0.162. The molecule has 0 saturated heterocycles. The van der Waals surface area contributed by atoms with E-state index in [0.717, 1.165) is 4.68 Å². The van der Waals surface area contributed by atoms with E-state index in [1.165, 1.54) is 23.1 Å². The monoisotopic (exact) mass is 499 g/mol. The van der Waals surface area contributed by atoms with Gasteiger partial charge in [0.1, 0.15) is 0 Å². The molecule has 1 saturated carbocycles. The summed E-state index contributed by atoms with van der Waals surface area (Å²) in [7, 11) is 0. The van der Waals surface area contributed by atoms with Gasteiger partial charge < -0.3 is 10.6 Å². The third-order valence-electron chi connectivity index (χ3n) is 5.51. The number of rotatable bonds is 9. The molecule has 0 bridgehead atoms. The van der Waals surface area contributed by atoms with Gasteiger partial charge in [-0.25, -0.2) is 18.3 Å². The molecule has 0 aromatic carbocycles. The molecule has 0 aliphatic heterocycles. The molecule has 2 amide bonds. The second-order valence-electron chi connectivity index (χ2n) is 8.55. The molecule has 1 fully saturated rings. The van der Waals surface area contributed by atoms with Crippen molar-refractivity contribution in [2.24, 2.45) is 5.92 Å². The summed E-state index contributed by atoms with van der Waals surface area (Å²) < 4.78 is 65.2. The Hall–Kier alpha value is -3.58. The van der Waals surface area contributed by atoms with Gasteiger partial charge in [-0.05, 0) is 17.5 Å². The number of nitrogens with one attached hydrogen (secondary N) is 2. The number of fused-ring (bicyclic) bond motifs is 1. The highest BCUT2D eigenvalue weighted by molar-refractivity contribution is 5.93. The topological polar surface area (TPSA) is 106 Å². The summed E-state index contributed by atoms with van der Waals surface area (Å²) in [5, 5.41) is 13.3. The Morgan fingerprint density at radius 2 is 1.86 bits per heavy atom. The van der Waals surface area contributed by atoms with Gasteiger partial charge in [0.2, 0.25) is 11.8 Å². The Morgan fingerprint density at radius 3 is 2.57 bits per heavy atom. The van der Waals surface area contributed by atoms with Crippen molar-refractivity contribution in [1.29, 1.82) is 0 Å². The largest absolute Gasteiger partial charge is 0.390 e. The fraction of sp³-hybridized carbons (Fsp3) is 0.476. The zero-order valence-corrected chi connectivity index (χ0v) is 18.4. The fourth-order valence-electron chi connectivity index (χ4n) is 3.73. The van der Waals surface area contributed by atoms with E-state index in [-0.39, 0.29) is 56.3 Å². The van der Waals surface area contributed by atoms with Crippen molar-refractivity contribution in [1.82, 2.24) is 35.0 Å². The molecule has 0 unspecified atom stereocenters. The fourth-order valence-corrected chi connectivity index (χ4v) is 3.73. The molecule has 3 aromatic rings. The van der Waals surface area contributed by atoms with Gasteiger partial charge in [0, 0.05) is 38.5 Å². The number of carbonyl (C=O) groups is 2. The Kier molecular flexibility index (Phi) is 6.72. The molecular weight excluding hydrogens is 477 g/mol. The third kappa shape index (κ3) is 6.73. The number of hydrogen-bond acceptors (Lipinski definition) is 5. The minimum absolute atomic E-state index is 0.0496. The predicted octanol–water partition coefficient (Wildman–Crippen LogP) is 2.86. The van der Waals surface area contributed by atoms with E-state index in [0.29, 0.717) is 16.9 Å². The van der Waals surface area contributed by atoms with Crippen molar-refractivity contribution in [3.8, 4) is 0 Å². The molecule has 0 atom stereocenters. The number of halogens is 5. The molecule has 0 spiro atoms. The van der Waals surface area contributed by atoms with Crippen LogP contribution in [0.3, 0.4) is 0 Å². The quantitative estimate of drug-likeness (QED) is 0.441. The summed E-state index contributed by atoms with van der Waals surface area (Å²) in [5.74, 6) is -3.78. The molecule has 4 rings (SSSR count). The predicted molar refractivity (Wildman–Crippen MR) is 111 cm³/mol. The van der Waals surface area contributed by atoms with Crippen LogP contribution in [-0.2, 0) is 24.4 Å². The van der Waals surface area contributed by atoms with Crippen LogP contribution in [0.1, 0.15) is 47.3 Å². The molecule has 3 heterocycles. The van der Waals surface area contributed by atoms with Crippen molar-refractivity contribution < 1.29 is 31.5 Å². The minimum Gasteiger partial charge on any atom is -0.352 e. The van der Waals surface area contributed by atoms with E-state index in [2.05, 4.69) is 25.8 Å². The van der Waals surface area contributed by atoms with Crippen LogP contribution in [0.25, 0.3) is 5.65 Å². The number of hydrogen-bond donors (Lipinski definition) is 2. The van der Waals surface area contributed by atoms with Crippen molar-refractivity contribution in [3.05, 3.63) is 47.7 Å². The van der Waals surface area contributed by atoms with Crippen molar-refractivity contribution in [3.63, 3.8) is 0 Å². The Balaban J connectivity index is 1.26. The van der Waals surface area contributed by atoms with E-state index in [1.807, 2.05) is 0 Å². The first-order chi connectivity index (χ1) is 16.5. The first-order valence-electron chi connectivity index (χ1n) is 10.8. The van der Waals surface area contributed by atoms with Gasteiger partial charge in [-0.2, -0.15) is 23.4 Å². The van der Waals surface area contributed by atoms with Crippen LogP contribution < -0.4 is 10.6 Å². The summed E-state index contributed by atoms with van der Waals surface area (Å²) >= 11 is 0. The number of amides is 2. The first kappa shape index (κ1) is 24.5. The van der Waals surface area contributed by atoms with Crippen molar-refractivity contribution in [2.75, 3.05) is 0 Å². The molecule has 9 nitrogen and oxygen atoms in total. The highest BCUT2D eigenvalue weighted by atomic mass is 19.4. The zero-order chi connectivity index (χ0) is 25.2. The lowest BCUT2D eigenvalue weighted by molar-refractivity contribution is -0.137. The maximum atomic E-state index is 12.9. The van der Waals surface area contributed by atoms with E-state index < -0.39 is 24.4 Å². The van der Waals surface area contributed by atoms with Crippen molar-refractivity contribution >= 4 is 17.5 Å². The van der Waals surface area contributed by atoms with Crippen LogP contribution in [0.5, 0.6) is 0 Å². The van der Waals surface area contributed by atoms with E-state index in [1.54, 1.807) is 12.3 Å². The lowest BCUT2D eigenvalue weighted by atomic mass is 9.79. The van der Waals surface area contributed by atoms with E-state index >= 15 is 0 Å². The molecular formula is C21H22F5N7O2. The SMILES string of the molecule is O=C(CC1CC(F)(F)C1)NCc1cnn2cc(CNC(=O)c3cnn(CCC(F)(F)F)c3)nc2c1. The summed E-state index contributed by atoms with van der Waals surface area (Å²) in [6.07, 6.45) is -0.269. The van der Waals surface area contributed by atoms with Gasteiger partial charge in [-0.3, -0.25) is 14.3 Å². The zero-order valence-electron chi connectivity index (χ0n) is 18.4. The summed E-state index contributed by atoms with van der Waals surface area (Å²) in [6, 6.07) is 1.70. The van der Waals surface area contributed by atoms with E-state index in [9.17, 15) is 31.5 Å². The van der Waals surface area contributed by atoms with Crippen molar-refractivity contribution in [2.45, 2.75) is 57.4 Å². The maximum absolute atomic E-state index is 12.9. The van der Waals surface area contributed by atoms with Crippen LogP contribution in [0, 0.1) is 5.92 Å². The van der Waals surface area contributed by atoms with E-state index in [4.69, 9.17) is 0 Å². The van der Waals surface area contributed by atoms with Crippen LogP contribution in [-0.4, -0.2) is 48.3 Å². The number of imidazole rings is 1. The second-order valence-corrected chi connectivity index (χ2v) is 8.55. The molecule has 14 heteroatoms. The second kappa shape index (κ2) is 9.58. The number of carbonyl (C=O) groups excluding carboxylic acids is 2. The van der Waals surface area contributed by atoms with Gasteiger partial charge in [-0.1, -0.05) is 0 Å². The van der Waals surface area contributed by atoms with Gasteiger partial charge in [0.15, 0.2) is 5.65 Å². The maximum Gasteiger partial charge on any atom is 0.390 e. The van der Waals surface area contributed by atoms with Crippen LogP contribution >= 0.6 is 0 Å². The van der Waals surface area contributed by atoms with Crippen LogP contribution in [0.4, 0.5) is 22.0 Å². The average molecular weight is 499 g/mol.